The number of anilines is 1. The summed E-state index contributed by atoms with van der Waals surface area (Å²) >= 11 is 6.03. The number of benzene rings is 2. The Kier molecular flexibility index (Phi) is 5.96. The summed E-state index contributed by atoms with van der Waals surface area (Å²) in [6, 6.07) is 19.5. The van der Waals surface area contributed by atoms with E-state index in [4.69, 9.17) is 21.1 Å². The number of para-hydroxylation sites is 2. The van der Waals surface area contributed by atoms with Crippen molar-refractivity contribution in [2.75, 3.05) is 26.1 Å². The first-order valence-electron chi connectivity index (χ1n) is 9.73. The molecule has 0 bridgehead atoms. The van der Waals surface area contributed by atoms with Crippen LogP contribution in [0.4, 0.5) is 5.82 Å². The molecule has 156 valence electrons. The van der Waals surface area contributed by atoms with Crippen molar-refractivity contribution in [2.24, 2.45) is 0 Å². The van der Waals surface area contributed by atoms with Gasteiger partial charge in [-0.1, -0.05) is 41.9 Å². The fourth-order valence-corrected chi connectivity index (χ4v) is 3.93. The molecule has 4 aromatic rings. The molecule has 0 aliphatic carbocycles. The molecule has 7 heteroatoms. The third kappa shape index (κ3) is 4.00. The zero-order valence-electron chi connectivity index (χ0n) is 17.1. The lowest BCUT2D eigenvalue weighted by atomic mass is 9.90. The molecule has 1 unspecified atom stereocenters. The second-order valence-electron chi connectivity index (χ2n) is 6.94. The summed E-state index contributed by atoms with van der Waals surface area (Å²) in [5.74, 6) is 1.85. The molecule has 2 aromatic heterocycles. The molecular weight excluding hydrogens is 412 g/mol. The van der Waals surface area contributed by atoms with Crippen LogP contribution in [-0.2, 0) is 0 Å². The van der Waals surface area contributed by atoms with Crippen molar-refractivity contribution in [3.8, 4) is 17.6 Å². The summed E-state index contributed by atoms with van der Waals surface area (Å²) in [5.41, 5.74) is 3.34. The van der Waals surface area contributed by atoms with Crippen molar-refractivity contribution in [1.29, 1.82) is 5.26 Å². The number of aromatic nitrogens is 2. The molecule has 0 spiro atoms. The number of ether oxygens (including phenoxy) is 2. The highest BCUT2D eigenvalue weighted by atomic mass is 35.5. The molecule has 2 N–H and O–H groups in total. The third-order valence-electron chi connectivity index (χ3n) is 5.24. The first-order chi connectivity index (χ1) is 15.2. The number of fused-ring (bicyclic) bond motifs is 1. The number of H-pyrrole nitrogens is 1. The first kappa shape index (κ1) is 20.6. The van der Waals surface area contributed by atoms with Gasteiger partial charge in [-0.15, -0.1) is 0 Å². The summed E-state index contributed by atoms with van der Waals surface area (Å²) in [5, 5.41) is 14.0. The van der Waals surface area contributed by atoms with Crippen LogP contribution in [0.25, 0.3) is 10.9 Å². The highest BCUT2D eigenvalue weighted by Crippen LogP contribution is 2.40. The van der Waals surface area contributed by atoms with Gasteiger partial charge in [0.1, 0.15) is 11.9 Å². The Bertz CT molecular complexity index is 1260. The molecule has 0 saturated carbocycles. The molecule has 0 radical (unpaired) electrons. The average Bonchev–Trinajstić information content (AvgIpc) is 3.24. The van der Waals surface area contributed by atoms with Crippen molar-refractivity contribution in [3.63, 3.8) is 0 Å². The predicted octanol–water partition coefficient (Wildman–Crippen LogP) is 5.35. The van der Waals surface area contributed by atoms with Crippen molar-refractivity contribution < 1.29 is 9.47 Å². The van der Waals surface area contributed by atoms with E-state index in [2.05, 4.69) is 21.4 Å². The lowest BCUT2D eigenvalue weighted by Crippen LogP contribution is -2.16. The van der Waals surface area contributed by atoms with Crippen LogP contribution in [0.1, 0.15) is 22.7 Å². The Hall–Kier alpha value is -3.69. The highest BCUT2D eigenvalue weighted by Gasteiger charge is 2.23. The van der Waals surface area contributed by atoms with Crippen LogP contribution in [0.3, 0.4) is 0 Å². The van der Waals surface area contributed by atoms with E-state index in [1.807, 2.05) is 48.7 Å². The van der Waals surface area contributed by atoms with Crippen LogP contribution in [0.2, 0.25) is 5.02 Å². The Labute approximate surface area is 185 Å². The van der Waals surface area contributed by atoms with Gasteiger partial charge in [0.05, 0.1) is 19.2 Å². The SMILES string of the molecule is COc1cccc(C(CNc2ccc(Cl)c(C#N)n2)c2c[nH]c3ccccc23)c1OC. The fraction of sp³-hybridized carbons (Fsp3) is 0.167. The number of hydrogen-bond acceptors (Lipinski definition) is 5. The van der Waals surface area contributed by atoms with E-state index in [-0.39, 0.29) is 11.6 Å². The summed E-state index contributed by atoms with van der Waals surface area (Å²) < 4.78 is 11.2. The van der Waals surface area contributed by atoms with Gasteiger partial charge in [-0.3, -0.25) is 0 Å². The minimum atomic E-state index is -0.0794. The maximum Gasteiger partial charge on any atom is 0.164 e. The lowest BCUT2D eigenvalue weighted by Gasteiger charge is -2.22. The van der Waals surface area contributed by atoms with E-state index < -0.39 is 0 Å². The second kappa shape index (κ2) is 8.99. The predicted molar refractivity (Wildman–Crippen MR) is 122 cm³/mol. The van der Waals surface area contributed by atoms with Crippen LogP contribution < -0.4 is 14.8 Å². The third-order valence-corrected chi connectivity index (χ3v) is 5.55. The van der Waals surface area contributed by atoms with E-state index in [1.54, 1.807) is 26.4 Å². The molecular formula is C24H21ClN4O2. The molecule has 0 fully saturated rings. The summed E-state index contributed by atoms with van der Waals surface area (Å²) in [4.78, 5) is 7.66. The van der Waals surface area contributed by atoms with Crippen LogP contribution in [0, 0.1) is 11.3 Å². The van der Waals surface area contributed by atoms with Gasteiger partial charge in [0.15, 0.2) is 17.2 Å². The van der Waals surface area contributed by atoms with Gasteiger partial charge in [-0.05, 0) is 29.8 Å². The zero-order chi connectivity index (χ0) is 21.8. The number of rotatable bonds is 7. The van der Waals surface area contributed by atoms with Gasteiger partial charge in [-0.2, -0.15) is 5.26 Å². The number of nitrogens with zero attached hydrogens (tertiary/aromatic N) is 2. The van der Waals surface area contributed by atoms with Gasteiger partial charge < -0.3 is 19.8 Å². The molecule has 2 heterocycles. The molecule has 1 atom stereocenters. The number of methoxy groups -OCH3 is 2. The van der Waals surface area contributed by atoms with Gasteiger partial charge in [0, 0.05) is 35.1 Å². The first-order valence-corrected chi connectivity index (χ1v) is 10.1. The van der Waals surface area contributed by atoms with Gasteiger partial charge in [0.2, 0.25) is 0 Å². The molecule has 0 amide bonds. The van der Waals surface area contributed by atoms with Crippen molar-refractivity contribution >= 4 is 28.3 Å². The minimum Gasteiger partial charge on any atom is -0.493 e. The maximum atomic E-state index is 9.23. The fourth-order valence-electron chi connectivity index (χ4n) is 3.78. The summed E-state index contributed by atoms with van der Waals surface area (Å²) in [6.07, 6.45) is 2.02. The molecule has 6 nitrogen and oxygen atoms in total. The number of aromatic amines is 1. The van der Waals surface area contributed by atoms with Gasteiger partial charge >= 0.3 is 0 Å². The van der Waals surface area contributed by atoms with Crippen LogP contribution in [0.5, 0.6) is 11.5 Å². The van der Waals surface area contributed by atoms with Crippen LogP contribution in [-0.4, -0.2) is 30.7 Å². The second-order valence-corrected chi connectivity index (χ2v) is 7.35. The number of pyridine rings is 1. The molecule has 0 saturated heterocycles. The number of halogens is 1. The van der Waals surface area contributed by atoms with Crippen LogP contribution in [0.15, 0.2) is 60.8 Å². The molecule has 2 aromatic carbocycles. The van der Waals surface area contributed by atoms with Crippen molar-refractivity contribution in [1.82, 2.24) is 9.97 Å². The van der Waals surface area contributed by atoms with Crippen LogP contribution >= 0.6 is 11.6 Å². The lowest BCUT2D eigenvalue weighted by molar-refractivity contribution is 0.350. The summed E-state index contributed by atoms with van der Waals surface area (Å²) in [6.45, 7) is 0.519. The normalized spacial score (nSPS) is 11.7. The number of nitriles is 1. The maximum absolute atomic E-state index is 9.23. The zero-order valence-corrected chi connectivity index (χ0v) is 17.9. The van der Waals surface area contributed by atoms with Crippen molar-refractivity contribution in [2.45, 2.75) is 5.92 Å². The number of hydrogen-bond donors (Lipinski definition) is 2. The minimum absolute atomic E-state index is 0.0794. The Balaban J connectivity index is 1.78. The van der Waals surface area contributed by atoms with Gasteiger partial charge in [-0.25, -0.2) is 4.98 Å². The van der Waals surface area contributed by atoms with E-state index in [9.17, 15) is 5.26 Å². The quantitative estimate of drug-likeness (QED) is 0.411. The largest absolute Gasteiger partial charge is 0.493 e. The Morgan fingerprint density at radius 3 is 2.68 bits per heavy atom. The Morgan fingerprint density at radius 1 is 1.06 bits per heavy atom. The average molecular weight is 433 g/mol. The Morgan fingerprint density at radius 2 is 1.90 bits per heavy atom. The number of nitrogens with one attached hydrogen (secondary N) is 2. The smallest absolute Gasteiger partial charge is 0.164 e. The molecule has 0 aliphatic rings. The van der Waals surface area contributed by atoms with E-state index >= 15 is 0 Å². The monoisotopic (exact) mass is 432 g/mol. The van der Waals surface area contributed by atoms with E-state index in [1.165, 1.54) is 0 Å². The standard InChI is InChI=1S/C24H21ClN4O2/c1-30-22-9-5-7-16(24(22)31-2)18(17-13-27-20-8-4-3-6-15(17)20)14-28-23-11-10-19(25)21(12-26)29-23/h3-11,13,18,27H,14H2,1-2H3,(H,28,29). The van der Waals surface area contributed by atoms with E-state index in [0.29, 0.717) is 28.9 Å². The summed E-state index contributed by atoms with van der Waals surface area (Å²) in [7, 11) is 3.27. The topological polar surface area (TPSA) is 83.0 Å². The van der Waals surface area contributed by atoms with Gasteiger partial charge in [0.25, 0.3) is 0 Å². The molecule has 4 rings (SSSR count). The molecule has 0 aliphatic heterocycles. The van der Waals surface area contributed by atoms with E-state index in [0.717, 1.165) is 22.0 Å². The van der Waals surface area contributed by atoms with Crippen molar-refractivity contribution in [3.05, 3.63) is 82.6 Å². The highest BCUT2D eigenvalue weighted by molar-refractivity contribution is 6.31. The molecule has 31 heavy (non-hydrogen) atoms.